The molecular formula is C17H28O2. The lowest BCUT2D eigenvalue weighted by molar-refractivity contribution is -0.115. The zero-order chi connectivity index (χ0) is 13.5. The number of aliphatic hydroxyl groups is 1. The van der Waals surface area contributed by atoms with Crippen molar-refractivity contribution in [2.45, 2.75) is 77.0 Å². The molecule has 2 heteroatoms. The van der Waals surface area contributed by atoms with Gasteiger partial charge < -0.3 is 5.11 Å². The zero-order valence-electron chi connectivity index (χ0n) is 12.1. The minimum Gasteiger partial charge on any atom is -0.512 e. The third-order valence-corrected chi connectivity index (χ3v) is 4.76. The SMILES string of the molecule is O=C(/C=C(\O)CC1CCCCC1)CC1CCCCC1. The number of aliphatic hydroxyl groups excluding tert-OH is 1. The molecule has 0 amide bonds. The third-order valence-electron chi connectivity index (χ3n) is 4.76. The molecule has 0 atom stereocenters. The molecule has 2 aliphatic rings. The Hall–Kier alpha value is -0.790. The number of hydrogen-bond acceptors (Lipinski definition) is 2. The Morgan fingerprint density at radius 2 is 1.32 bits per heavy atom. The Morgan fingerprint density at radius 1 is 0.842 bits per heavy atom. The molecule has 2 aliphatic carbocycles. The largest absolute Gasteiger partial charge is 0.512 e. The maximum Gasteiger partial charge on any atom is 0.159 e. The molecular weight excluding hydrogens is 236 g/mol. The van der Waals surface area contributed by atoms with Gasteiger partial charge in [0, 0.05) is 18.9 Å². The van der Waals surface area contributed by atoms with Crippen molar-refractivity contribution in [1.82, 2.24) is 0 Å². The van der Waals surface area contributed by atoms with Gasteiger partial charge in [-0.2, -0.15) is 0 Å². The monoisotopic (exact) mass is 264 g/mol. The summed E-state index contributed by atoms with van der Waals surface area (Å²) < 4.78 is 0. The van der Waals surface area contributed by atoms with Crippen LogP contribution in [0.2, 0.25) is 0 Å². The molecule has 0 aliphatic heterocycles. The van der Waals surface area contributed by atoms with Gasteiger partial charge in [0.1, 0.15) is 0 Å². The number of hydrogen-bond donors (Lipinski definition) is 1. The van der Waals surface area contributed by atoms with E-state index in [0.29, 0.717) is 24.0 Å². The van der Waals surface area contributed by atoms with Crippen LogP contribution in [0.3, 0.4) is 0 Å². The fourth-order valence-electron chi connectivity index (χ4n) is 3.67. The van der Waals surface area contributed by atoms with E-state index in [0.717, 1.165) is 6.42 Å². The summed E-state index contributed by atoms with van der Waals surface area (Å²) >= 11 is 0. The summed E-state index contributed by atoms with van der Waals surface area (Å²) in [6, 6.07) is 0. The Morgan fingerprint density at radius 3 is 1.84 bits per heavy atom. The highest BCUT2D eigenvalue weighted by Crippen LogP contribution is 2.29. The van der Waals surface area contributed by atoms with Crippen molar-refractivity contribution < 1.29 is 9.90 Å². The van der Waals surface area contributed by atoms with E-state index >= 15 is 0 Å². The lowest BCUT2D eigenvalue weighted by atomic mass is 9.85. The van der Waals surface area contributed by atoms with Gasteiger partial charge in [-0.1, -0.05) is 64.2 Å². The van der Waals surface area contributed by atoms with Gasteiger partial charge in [-0.3, -0.25) is 4.79 Å². The third kappa shape index (κ3) is 5.38. The maximum absolute atomic E-state index is 11.9. The van der Waals surface area contributed by atoms with Gasteiger partial charge in [0.25, 0.3) is 0 Å². The van der Waals surface area contributed by atoms with Crippen LogP contribution in [-0.4, -0.2) is 10.9 Å². The average Bonchev–Trinajstić information content (AvgIpc) is 2.40. The molecule has 2 nitrogen and oxygen atoms in total. The van der Waals surface area contributed by atoms with Gasteiger partial charge >= 0.3 is 0 Å². The molecule has 19 heavy (non-hydrogen) atoms. The molecule has 0 spiro atoms. The van der Waals surface area contributed by atoms with Crippen LogP contribution in [0.1, 0.15) is 77.0 Å². The normalized spacial score (nSPS) is 23.5. The number of allylic oxidation sites excluding steroid dienone is 2. The van der Waals surface area contributed by atoms with Crippen LogP contribution in [0.25, 0.3) is 0 Å². The fourth-order valence-corrected chi connectivity index (χ4v) is 3.67. The molecule has 0 aromatic heterocycles. The molecule has 2 fully saturated rings. The molecule has 0 bridgehead atoms. The van der Waals surface area contributed by atoms with Crippen molar-refractivity contribution in [2.75, 3.05) is 0 Å². The average molecular weight is 264 g/mol. The number of rotatable bonds is 5. The first kappa shape index (κ1) is 14.6. The van der Waals surface area contributed by atoms with Crippen molar-refractivity contribution in [3.05, 3.63) is 11.8 Å². The molecule has 0 unspecified atom stereocenters. The lowest BCUT2D eigenvalue weighted by Crippen LogP contribution is -2.12. The second-order valence-corrected chi connectivity index (χ2v) is 6.52. The lowest BCUT2D eigenvalue weighted by Gasteiger charge is -2.21. The van der Waals surface area contributed by atoms with Crippen LogP contribution < -0.4 is 0 Å². The minimum atomic E-state index is 0.139. The van der Waals surface area contributed by atoms with Crippen LogP contribution >= 0.6 is 0 Å². The predicted octanol–water partition coefficient (Wildman–Crippen LogP) is 4.94. The van der Waals surface area contributed by atoms with Crippen molar-refractivity contribution in [3.63, 3.8) is 0 Å². The molecule has 0 aromatic rings. The second kappa shape index (κ2) is 7.72. The van der Waals surface area contributed by atoms with Crippen molar-refractivity contribution >= 4 is 5.78 Å². The quantitative estimate of drug-likeness (QED) is 0.564. The summed E-state index contributed by atoms with van der Waals surface area (Å²) in [4.78, 5) is 11.9. The summed E-state index contributed by atoms with van der Waals surface area (Å²) in [6.07, 6.45) is 15.5. The summed E-state index contributed by atoms with van der Waals surface area (Å²) in [7, 11) is 0. The van der Waals surface area contributed by atoms with Crippen LogP contribution in [0.5, 0.6) is 0 Å². The summed E-state index contributed by atoms with van der Waals surface area (Å²) in [5.74, 6) is 1.64. The van der Waals surface area contributed by atoms with Crippen molar-refractivity contribution in [1.29, 1.82) is 0 Å². The Kier molecular flexibility index (Phi) is 5.93. The van der Waals surface area contributed by atoms with E-state index in [9.17, 15) is 9.90 Å². The highest BCUT2D eigenvalue weighted by Gasteiger charge is 2.18. The number of carbonyl (C=O) groups excluding carboxylic acids is 1. The van der Waals surface area contributed by atoms with Gasteiger partial charge in [-0.25, -0.2) is 0 Å². The van der Waals surface area contributed by atoms with Crippen LogP contribution in [-0.2, 0) is 4.79 Å². The summed E-state index contributed by atoms with van der Waals surface area (Å²) in [6.45, 7) is 0. The van der Waals surface area contributed by atoms with Crippen molar-refractivity contribution in [3.8, 4) is 0 Å². The minimum absolute atomic E-state index is 0.139. The maximum atomic E-state index is 11.9. The summed E-state index contributed by atoms with van der Waals surface area (Å²) in [5, 5.41) is 9.94. The van der Waals surface area contributed by atoms with E-state index < -0.39 is 0 Å². The first-order valence-electron chi connectivity index (χ1n) is 8.16. The molecule has 0 saturated heterocycles. The van der Waals surface area contributed by atoms with E-state index in [2.05, 4.69) is 0 Å². The Bertz CT molecular complexity index is 307. The van der Waals surface area contributed by atoms with Gasteiger partial charge in [0.15, 0.2) is 5.78 Å². The standard InChI is InChI=1S/C17H28O2/c18-16(11-14-7-3-1-4-8-14)13-17(19)12-15-9-5-2-6-10-15/h13-15,18H,1-12H2/b16-13-. The molecule has 108 valence electrons. The van der Waals surface area contributed by atoms with E-state index in [1.54, 1.807) is 0 Å². The number of ketones is 1. The second-order valence-electron chi connectivity index (χ2n) is 6.52. The highest BCUT2D eigenvalue weighted by atomic mass is 16.3. The van der Waals surface area contributed by atoms with Gasteiger partial charge in [-0.15, -0.1) is 0 Å². The molecule has 0 heterocycles. The van der Waals surface area contributed by atoms with Gasteiger partial charge in [0.05, 0.1) is 5.76 Å². The topological polar surface area (TPSA) is 37.3 Å². The first-order valence-corrected chi connectivity index (χ1v) is 8.16. The number of carbonyl (C=O) groups is 1. The van der Waals surface area contributed by atoms with Gasteiger partial charge in [-0.05, 0) is 11.8 Å². The van der Waals surface area contributed by atoms with E-state index in [1.807, 2.05) is 0 Å². The first-order chi connectivity index (χ1) is 9.24. The van der Waals surface area contributed by atoms with Gasteiger partial charge in [0.2, 0.25) is 0 Å². The van der Waals surface area contributed by atoms with Crippen molar-refractivity contribution in [2.24, 2.45) is 11.8 Å². The summed E-state index contributed by atoms with van der Waals surface area (Å²) in [5.41, 5.74) is 0. The van der Waals surface area contributed by atoms with E-state index in [4.69, 9.17) is 0 Å². The van der Waals surface area contributed by atoms with Crippen LogP contribution in [0.4, 0.5) is 0 Å². The zero-order valence-corrected chi connectivity index (χ0v) is 12.1. The molecule has 0 radical (unpaired) electrons. The molecule has 1 N–H and O–H groups in total. The molecule has 2 saturated carbocycles. The smallest absolute Gasteiger partial charge is 0.159 e. The molecule has 0 aromatic carbocycles. The fraction of sp³-hybridized carbons (Fsp3) is 0.824. The molecule has 2 rings (SSSR count). The Balaban J connectivity index is 1.73. The highest BCUT2D eigenvalue weighted by molar-refractivity contribution is 5.90. The van der Waals surface area contributed by atoms with E-state index in [-0.39, 0.29) is 5.78 Å². The van der Waals surface area contributed by atoms with Crippen LogP contribution in [0, 0.1) is 11.8 Å². The van der Waals surface area contributed by atoms with Crippen LogP contribution in [0.15, 0.2) is 11.8 Å². The predicted molar refractivity (Wildman–Crippen MR) is 78.1 cm³/mol. The van der Waals surface area contributed by atoms with E-state index in [1.165, 1.54) is 70.3 Å². The Labute approximate surface area is 117 Å².